The van der Waals surface area contributed by atoms with Gasteiger partial charge in [-0.05, 0) is 33.2 Å². The number of hydrogen-bond acceptors (Lipinski definition) is 6. The monoisotopic (exact) mass is 285 g/mol. The van der Waals surface area contributed by atoms with Crippen LogP contribution in [-0.4, -0.2) is 48.8 Å². The van der Waals surface area contributed by atoms with Gasteiger partial charge >= 0.3 is 0 Å². The van der Waals surface area contributed by atoms with Crippen LogP contribution in [0.4, 0.5) is 0 Å². The van der Waals surface area contributed by atoms with Gasteiger partial charge in [-0.25, -0.2) is 0 Å². The van der Waals surface area contributed by atoms with Gasteiger partial charge in [-0.3, -0.25) is 0 Å². The molecule has 0 saturated carbocycles. The van der Waals surface area contributed by atoms with Gasteiger partial charge in [-0.1, -0.05) is 5.11 Å². The summed E-state index contributed by atoms with van der Waals surface area (Å²) in [5.41, 5.74) is 8.77. The lowest BCUT2D eigenvalue weighted by molar-refractivity contribution is -0.222. The summed E-state index contributed by atoms with van der Waals surface area (Å²) in [5, 5.41) is 3.82. The molecule has 112 valence electrons. The van der Waals surface area contributed by atoms with Crippen LogP contribution in [-0.2, 0) is 23.7 Å². The van der Waals surface area contributed by atoms with Crippen LogP contribution in [0.15, 0.2) is 5.11 Å². The molecule has 0 spiro atoms. The van der Waals surface area contributed by atoms with Crippen LogP contribution in [0.25, 0.3) is 10.4 Å². The molecule has 3 rings (SSSR count). The predicted molar refractivity (Wildman–Crippen MR) is 66.5 cm³/mol. The first-order valence-corrected chi connectivity index (χ1v) is 6.68. The van der Waals surface area contributed by atoms with Crippen molar-refractivity contribution in [2.45, 2.75) is 69.9 Å². The molecule has 0 aromatic rings. The fourth-order valence-electron chi connectivity index (χ4n) is 2.89. The average molecular weight is 285 g/mol. The van der Waals surface area contributed by atoms with Gasteiger partial charge in [-0.15, -0.1) is 0 Å². The van der Waals surface area contributed by atoms with Gasteiger partial charge < -0.3 is 23.7 Å². The molecule has 0 aromatic carbocycles. The fourth-order valence-corrected chi connectivity index (χ4v) is 2.89. The molecular formula is C12H19N3O5. The second kappa shape index (κ2) is 4.56. The van der Waals surface area contributed by atoms with Crippen molar-refractivity contribution in [1.82, 2.24) is 0 Å². The normalized spacial score (nSPS) is 45.1. The van der Waals surface area contributed by atoms with E-state index < -0.39 is 36.1 Å². The van der Waals surface area contributed by atoms with E-state index in [0.717, 1.165) is 0 Å². The number of ether oxygens (including phenoxy) is 5. The van der Waals surface area contributed by atoms with E-state index >= 15 is 0 Å². The SMILES string of the molecule is CC1(C)O[C@H]2O[C@H]([C@H]3COC(C)(C)O3)[C@@H](N=[N+]=[N-])[C@@H]2O1. The van der Waals surface area contributed by atoms with Gasteiger partial charge in [0.1, 0.15) is 18.3 Å². The van der Waals surface area contributed by atoms with Crippen LogP contribution >= 0.6 is 0 Å². The molecule has 0 unspecified atom stereocenters. The lowest BCUT2D eigenvalue weighted by Gasteiger charge is -2.26. The molecule has 8 nitrogen and oxygen atoms in total. The quantitative estimate of drug-likeness (QED) is 0.437. The molecule has 0 amide bonds. The van der Waals surface area contributed by atoms with Crippen molar-refractivity contribution in [1.29, 1.82) is 0 Å². The highest BCUT2D eigenvalue weighted by Crippen LogP contribution is 2.41. The Balaban J connectivity index is 1.78. The Labute approximate surface area is 116 Å². The third-order valence-corrected chi connectivity index (χ3v) is 3.63. The molecule has 0 N–H and O–H groups in total. The first-order chi connectivity index (χ1) is 9.31. The van der Waals surface area contributed by atoms with E-state index in [1.165, 1.54) is 0 Å². The molecule has 3 aliphatic heterocycles. The second-order valence-corrected chi connectivity index (χ2v) is 6.13. The zero-order chi connectivity index (χ0) is 14.5. The maximum atomic E-state index is 8.77. The van der Waals surface area contributed by atoms with Crippen molar-refractivity contribution in [3.63, 3.8) is 0 Å². The Morgan fingerprint density at radius 2 is 1.80 bits per heavy atom. The predicted octanol–water partition coefficient (Wildman–Crippen LogP) is 1.69. The Hall–Kier alpha value is -0.890. The molecule has 3 heterocycles. The Morgan fingerprint density at radius 3 is 2.40 bits per heavy atom. The summed E-state index contributed by atoms with van der Waals surface area (Å²) in [4.78, 5) is 2.90. The summed E-state index contributed by atoms with van der Waals surface area (Å²) in [6.07, 6.45) is -1.70. The molecule has 0 aliphatic carbocycles. The van der Waals surface area contributed by atoms with E-state index in [9.17, 15) is 0 Å². The topological polar surface area (TPSA) is 94.9 Å². The molecule has 3 saturated heterocycles. The summed E-state index contributed by atoms with van der Waals surface area (Å²) < 4.78 is 28.6. The number of hydrogen-bond donors (Lipinski definition) is 0. The van der Waals surface area contributed by atoms with Gasteiger partial charge in [0, 0.05) is 4.91 Å². The smallest absolute Gasteiger partial charge is 0.188 e. The molecule has 8 heteroatoms. The van der Waals surface area contributed by atoms with Gasteiger partial charge in [0.25, 0.3) is 0 Å². The minimum atomic E-state index is -0.740. The van der Waals surface area contributed by atoms with E-state index in [-0.39, 0.29) is 6.10 Å². The van der Waals surface area contributed by atoms with Crippen molar-refractivity contribution < 1.29 is 23.7 Å². The standard InChI is InChI=1S/C12H19N3O5/c1-11(2)16-5-6(18-11)8-7(14-15-13)9-10(17-8)20-12(3,4)19-9/h6-10H,5H2,1-4H3/t6-,7-,8-,9+,10-/m1/s1. The van der Waals surface area contributed by atoms with Gasteiger partial charge in [0.05, 0.1) is 12.6 Å². The number of fused-ring (bicyclic) bond motifs is 1. The van der Waals surface area contributed by atoms with E-state index in [4.69, 9.17) is 29.2 Å². The minimum Gasteiger partial charge on any atom is -0.348 e. The zero-order valence-electron chi connectivity index (χ0n) is 12.0. The van der Waals surface area contributed by atoms with E-state index in [1.807, 2.05) is 13.8 Å². The largest absolute Gasteiger partial charge is 0.348 e. The van der Waals surface area contributed by atoms with Gasteiger partial charge in [-0.2, -0.15) is 0 Å². The molecular weight excluding hydrogens is 266 g/mol. The van der Waals surface area contributed by atoms with Crippen LogP contribution in [0.5, 0.6) is 0 Å². The summed E-state index contributed by atoms with van der Waals surface area (Å²) in [7, 11) is 0. The second-order valence-electron chi connectivity index (χ2n) is 6.13. The summed E-state index contributed by atoms with van der Waals surface area (Å²) in [5.74, 6) is -1.40. The molecule has 5 atom stereocenters. The van der Waals surface area contributed by atoms with Crippen LogP contribution < -0.4 is 0 Å². The number of nitrogens with zero attached hydrogens (tertiary/aromatic N) is 3. The molecule has 0 radical (unpaired) electrons. The van der Waals surface area contributed by atoms with Crippen LogP contribution in [0.2, 0.25) is 0 Å². The maximum absolute atomic E-state index is 8.77. The van der Waals surface area contributed by atoms with Gasteiger partial charge in [0.2, 0.25) is 0 Å². The van der Waals surface area contributed by atoms with Crippen molar-refractivity contribution in [3.05, 3.63) is 10.4 Å². The lowest BCUT2D eigenvalue weighted by atomic mass is 10.0. The van der Waals surface area contributed by atoms with E-state index in [0.29, 0.717) is 6.61 Å². The lowest BCUT2D eigenvalue weighted by Crippen LogP contribution is -2.41. The third-order valence-electron chi connectivity index (χ3n) is 3.63. The first-order valence-electron chi connectivity index (χ1n) is 6.68. The number of azide groups is 1. The maximum Gasteiger partial charge on any atom is 0.188 e. The van der Waals surface area contributed by atoms with Crippen molar-refractivity contribution in [2.75, 3.05) is 6.61 Å². The Morgan fingerprint density at radius 1 is 1.05 bits per heavy atom. The average Bonchev–Trinajstić information content (AvgIpc) is 2.91. The van der Waals surface area contributed by atoms with E-state index in [1.54, 1.807) is 13.8 Å². The third kappa shape index (κ3) is 2.39. The summed E-state index contributed by atoms with van der Waals surface area (Å²) in [6, 6.07) is -0.491. The highest BCUT2D eigenvalue weighted by atomic mass is 16.8. The van der Waals surface area contributed by atoms with E-state index in [2.05, 4.69) is 10.0 Å². The first kappa shape index (κ1) is 14.1. The fraction of sp³-hybridized carbons (Fsp3) is 1.00. The molecule has 3 aliphatic rings. The summed E-state index contributed by atoms with van der Waals surface area (Å²) >= 11 is 0. The van der Waals surface area contributed by atoms with Gasteiger partial charge in [0.15, 0.2) is 17.9 Å². The van der Waals surface area contributed by atoms with Crippen LogP contribution in [0.3, 0.4) is 0 Å². The van der Waals surface area contributed by atoms with Crippen molar-refractivity contribution >= 4 is 0 Å². The Kier molecular flexibility index (Phi) is 3.20. The van der Waals surface area contributed by atoms with Crippen LogP contribution in [0.1, 0.15) is 27.7 Å². The molecule has 0 aromatic heterocycles. The molecule has 0 bridgehead atoms. The molecule has 3 fully saturated rings. The molecule has 20 heavy (non-hydrogen) atoms. The van der Waals surface area contributed by atoms with Crippen molar-refractivity contribution in [2.24, 2.45) is 5.11 Å². The zero-order valence-corrected chi connectivity index (χ0v) is 12.0. The number of rotatable bonds is 2. The highest BCUT2D eigenvalue weighted by Gasteiger charge is 2.57. The Bertz CT molecular complexity index is 448. The minimum absolute atomic E-state index is 0.304. The van der Waals surface area contributed by atoms with Crippen LogP contribution in [0, 0.1) is 0 Å². The van der Waals surface area contributed by atoms with Crippen molar-refractivity contribution in [3.8, 4) is 0 Å². The highest BCUT2D eigenvalue weighted by molar-refractivity contribution is 5.01. The summed E-state index contributed by atoms with van der Waals surface area (Å²) in [6.45, 7) is 7.66.